The third-order valence-corrected chi connectivity index (χ3v) is 3.90. The molecule has 0 unspecified atom stereocenters. The lowest BCUT2D eigenvalue weighted by Crippen LogP contribution is -2.36. The van der Waals surface area contributed by atoms with E-state index in [9.17, 15) is 4.79 Å². The molecule has 1 heterocycles. The number of hydrogen-bond donors (Lipinski definition) is 1. The summed E-state index contributed by atoms with van der Waals surface area (Å²) < 4.78 is 5.33. The van der Waals surface area contributed by atoms with Crippen molar-refractivity contribution in [3.63, 3.8) is 0 Å². The molecule has 0 aromatic heterocycles. The van der Waals surface area contributed by atoms with E-state index in [-0.39, 0.29) is 5.91 Å². The molecule has 5 nitrogen and oxygen atoms in total. The van der Waals surface area contributed by atoms with Crippen molar-refractivity contribution >= 4 is 17.3 Å². The number of nitrogens with zero attached hydrogens (tertiary/aromatic N) is 2. The lowest BCUT2D eigenvalue weighted by atomic mass is 10.1. The largest absolute Gasteiger partial charge is 0.378 e. The average Bonchev–Trinajstić information content (AvgIpc) is 3.30. The highest BCUT2D eigenvalue weighted by molar-refractivity contribution is 5.99. The molecule has 3 rings (SSSR count). The summed E-state index contributed by atoms with van der Waals surface area (Å²) in [6, 6.07) is 9.86. The van der Waals surface area contributed by atoms with Gasteiger partial charge in [0.15, 0.2) is 0 Å². The van der Waals surface area contributed by atoms with Crippen LogP contribution in [0.2, 0.25) is 0 Å². The van der Waals surface area contributed by atoms with E-state index in [1.165, 1.54) is 0 Å². The van der Waals surface area contributed by atoms with E-state index < -0.39 is 5.41 Å². The van der Waals surface area contributed by atoms with Gasteiger partial charge in [-0.15, -0.1) is 0 Å². The molecule has 20 heavy (non-hydrogen) atoms. The zero-order valence-electron chi connectivity index (χ0n) is 11.3. The smallest absolute Gasteiger partial charge is 0.244 e. The Morgan fingerprint density at radius 3 is 2.45 bits per heavy atom. The lowest BCUT2D eigenvalue weighted by Gasteiger charge is -2.28. The summed E-state index contributed by atoms with van der Waals surface area (Å²) in [5.41, 5.74) is 1.10. The van der Waals surface area contributed by atoms with Gasteiger partial charge in [0, 0.05) is 24.5 Å². The molecule has 2 aliphatic rings. The number of hydrogen-bond acceptors (Lipinski definition) is 4. The van der Waals surface area contributed by atoms with Crippen LogP contribution < -0.4 is 10.2 Å². The van der Waals surface area contributed by atoms with Gasteiger partial charge in [-0.1, -0.05) is 0 Å². The Hall–Kier alpha value is -2.06. The molecule has 2 fully saturated rings. The minimum absolute atomic E-state index is 0.181. The maximum Gasteiger partial charge on any atom is 0.244 e. The summed E-state index contributed by atoms with van der Waals surface area (Å²) in [4.78, 5) is 14.2. The molecule has 0 bridgehead atoms. The van der Waals surface area contributed by atoms with Crippen molar-refractivity contribution in [1.82, 2.24) is 0 Å². The number of anilines is 2. The third-order valence-electron chi connectivity index (χ3n) is 3.90. The van der Waals surface area contributed by atoms with Crippen LogP contribution in [0.25, 0.3) is 0 Å². The van der Waals surface area contributed by atoms with E-state index >= 15 is 0 Å². The quantitative estimate of drug-likeness (QED) is 0.910. The first-order chi connectivity index (χ1) is 9.73. The molecule has 1 aliphatic heterocycles. The summed E-state index contributed by atoms with van der Waals surface area (Å²) in [6.07, 6.45) is 1.34. The lowest BCUT2D eigenvalue weighted by molar-refractivity contribution is -0.119. The first-order valence-corrected chi connectivity index (χ1v) is 6.89. The second-order valence-corrected chi connectivity index (χ2v) is 5.29. The fourth-order valence-corrected chi connectivity index (χ4v) is 2.34. The number of nitrogens with one attached hydrogen (secondary N) is 1. The second-order valence-electron chi connectivity index (χ2n) is 5.29. The Kier molecular flexibility index (Phi) is 3.33. The first kappa shape index (κ1) is 12.9. The highest BCUT2D eigenvalue weighted by Gasteiger charge is 2.50. The number of benzene rings is 1. The zero-order valence-corrected chi connectivity index (χ0v) is 11.3. The fourth-order valence-electron chi connectivity index (χ4n) is 2.34. The zero-order chi connectivity index (χ0) is 14.0. The molecule has 1 aromatic rings. The topological polar surface area (TPSA) is 65.4 Å². The van der Waals surface area contributed by atoms with Gasteiger partial charge in [-0.05, 0) is 37.1 Å². The monoisotopic (exact) mass is 271 g/mol. The van der Waals surface area contributed by atoms with E-state index in [0.29, 0.717) is 12.8 Å². The number of ether oxygens (including phenoxy) is 1. The molecule has 104 valence electrons. The van der Waals surface area contributed by atoms with Crippen LogP contribution in [0.5, 0.6) is 0 Å². The minimum atomic E-state index is -0.775. The molecule has 0 spiro atoms. The van der Waals surface area contributed by atoms with Gasteiger partial charge >= 0.3 is 0 Å². The predicted molar refractivity (Wildman–Crippen MR) is 75.4 cm³/mol. The average molecular weight is 271 g/mol. The molecular weight excluding hydrogens is 254 g/mol. The predicted octanol–water partition coefficient (Wildman–Crippen LogP) is 1.77. The van der Waals surface area contributed by atoms with Gasteiger partial charge in [0.25, 0.3) is 0 Å². The summed E-state index contributed by atoms with van der Waals surface area (Å²) in [7, 11) is 0. The van der Waals surface area contributed by atoms with E-state index in [1.807, 2.05) is 24.3 Å². The van der Waals surface area contributed by atoms with Crippen molar-refractivity contribution < 1.29 is 9.53 Å². The highest BCUT2D eigenvalue weighted by atomic mass is 16.5. The Morgan fingerprint density at radius 1 is 1.25 bits per heavy atom. The molecule has 1 amide bonds. The van der Waals surface area contributed by atoms with E-state index in [1.54, 1.807) is 0 Å². The van der Waals surface area contributed by atoms with Crippen LogP contribution in [0.3, 0.4) is 0 Å². The number of nitriles is 1. The Labute approximate surface area is 118 Å². The van der Waals surface area contributed by atoms with Crippen LogP contribution in [0.4, 0.5) is 11.4 Å². The molecular formula is C15H17N3O2. The van der Waals surface area contributed by atoms with Crippen LogP contribution in [0, 0.1) is 16.7 Å². The van der Waals surface area contributed by atoms with Gasteiger partial charge in [0.2, 0.25) is 5.91 Å². The van der Waals surface area contributed by atoms with E-state index in [4.69, 9.17) is 10.00 Å². The van der Waals surface area contributed by atoms with Crippen molar-refractivity contribution in [2.45, 2.75) is 12.8 Å². The number of carbonyl (C=O) groups excluding carboxylic acids is 1. The van der Waals surface area contributed by atoms with Crippen LogP contribution in [0.15, 0.2) is 24.3 Å². The fraction of sp³-hybridized carbons (Fsp3) is 0.467. The number of amides is 1. The van der Waals surface area contributed by atoms with Crippen molar-refractivity contribution in [2.75, 3.05) is 36.5 Å². The summed E-state index contributed by atoms with van der Waals surface area (Å²) in [5.74, 6) is -0.181. The van der Waals surface area contributed by atoms with Crippen LogP contribution in [-0.2, 0) is 9.53 Å². The van der Waals surface area contributed by atoms with Crippen LogP contribution in [0.1, 0.15) is 12.8 Å². The van der Waals surface area contributed by atoms with Crippen molar-refractivity contribution in [1.29, 1.82) is 5.26 Å². The Bertz CT molecular complexity index is 537. The van der Waals surface area contributed by atoms with Crippen molar-refractivity contribution in [2.24, 2.45) is 5.41 Å². The Balaban J connectivity index is 1.64. The van der Waals surface area contributed by atoms with E-state index in [0.717, 1.165) is 37.7 Å². The first-order valence-electron chi connectivity index (χ1n) is 6.89. The molecule has 0 atom stereocenters. The van der Waals surface area contributed by atoms with Gasteiger partial charge in [0.1, 0.15) is 5.41 Å². The maximum absolute atomic E-state index is 12.0. The maximum atomic E-state index is 12.0. The number of morpholine rings is 1. The summed E-state index contributed by atoms with van der Waals surface area (Å²) >= 11 is 0. The van der Waals surface area contributed by atoms with Gasteiger partial charge in [-0.3, -0.25) is 4.79 Å². The van der Waals surface area contributed by atoms with Gasteiger partial charge in [-0.2, -0.15) is 5.26 Å². The van der Waals surface area contributed by atoms with Gasteiger partial charge in [0.05, 0.1) is 19.3 Å². The molecule has 1 saturated carbocycles. The SMILES string of the molecule is N#CC1(C(=O)Nc2ccc(N3CCOCC3)cc2)CC1. The second kappa shape index (κ2) is 5.14. The van der Waals surface area contributed by atoms with Crippen molar-refractivity contribution in [3.05, 3.63) is 24.3 Å². The molecule has 0 radical (unpaired) electrons. The molecule has 1 aliphatic carbocycles. The van der Waals surface area contributed by atoms with Gasteiger partial charge < -0.3 is 15.0 Å². The molecule has 1 aromatic carbocycles. The standard InChI is InChI=1S/C15H17N3O2/c16-11-15(5-6-15)14(19)17-12-1-3-13(4-2-12)18-7-9-20-10-8-18/h1-4H,5-10H2,(H,17,19). The minimum Gasteiger partial charge on any atom is -0.378 e. The summed E-state index contributed by atoms with van der Waals surface area (Å²) in [6.45, 7) is 3.29. The molecule has 1 saturated heterocycles. The van der Waals surface area contributed by atoms with Crippen LogP contribution in [-0.4, -0.2) is 32.2 Å². The van der Waals surface area contributed by atoms with Crippen LogP contribution >= 0.6 is 0 Å². The normalized spacial score (nSPS) is 20.1. The summed E-state index contributed by atoms with van der Waals surface area (Å²) in [5, 5.41) is 11.8. The third kappa shape index (κ3) is 2.47. The van der Waals surface area contributed by atoms with Gasteiger partial charge in [-0.25, -0.2) is 0 Å². The Morgan fingerprint density at radius 2 is 1.90 bits per heavy atom. The molecule has 1 N–H and O–H groups in total. The molecule has 5 heteroatoms. The highest BCUT2D eigenvalue weighted by Crippen LogP contribution is 2.45. The number of rotatable bonds is 3. The van der Waals surface area contributed by atoms with E-state index in [2.05, 4.69) is 16.3 Å². The number of carbonyl (C=O) groups is 1. The van der Waals surface area contributed by atoms with Crippen molar-refractivity contribution in [3.8, 4) is 6.07 Å².